The van der Waals surface area contributed by atoms with Crippen molar-refractivity contribution < 1.29 is 4.79 Å². The third-order valence-electron chi connectivity index (χ3n) is 4.53. The monoisotopic (exact) mass is 362 g/mol. The van der Waals surface area contributed by atoms with E-state index in [0.29, 0.717) is 5.56 Å². The van der Waals surface area contributed by atoms with Gasteiger partial charge in [-0.15, -0.1) is 11.3 Å². The van der Waals surface area contributed by atoms with Gasteiger partial charge < -0.3 is 9.30 Å². The Morgan fingerprint density at radius 2 is 1.96 bits per heavy atom. The molecular formula is C20H18N4OS. The van der Waals surface area contributed by atoms with E-state index in [9.17, 15) is 4.79 Å². The molecule has 0 bridgehead atoms. The van der Waals surface area contributed by atoms with E-state index < -0.39 is 0 Å². The largest absolute Gasteiger partial charge is 0.334 e. The van der Waals surface area contributed by atoms with Crippen LogP contribution >= 0.6 is 11.3 Å². The summed E-state index contributed by atoms with van der Waals surface area (Å²) in [5, 5.41) is 0. The van der Waals surface area contributed by atoms with E-state index in [0.717, 1.165) is 21.8 Å². The van der Waals surface area contributed by atoms with Gasteiger partial charge in [0.25, 0.3) is 5.91 Å². The van der Waals surface area contributed by atoms with Gasteiger partial charge in [-0.05, 0) is 19.1 Å². The molecule has 0 aliphatic carbocycles. The Morgan fingerprint density at radius 3 is 2.69 bits per heavy atom. The van der Waals surface area contributed by atoms with Crippen molar-refractivity contribution >= 4 is 22.9 Å². The summed E-state index contributed by atoms with van der Waals surface area (Å²) < 4.78 is 1.90. The fourth-order valence-corrected chi connectivity index (χ4v) is 3.59. The van der Waals surface area contributed by atoms with Gasteiger partial charge in [-0.25, -0.2) is 4.98 Å². The molecule has 0 unspecified atom stereocenters. The smallest absolute Gasteiger partial charge is 0.255 e. The fourth-order valence-electron chi connectivity index (χ4n) is 2.87. The molecule has 0 N–H and O–H groups in total. The van der Waals surface area contributed by atoms with Crippen molar-refractivity contribution in [2.75, 3.05) is 7.05 Å². The van der Waals surface area contributed by atoms with Crippen LogP contribution in [0.25, 0.3) is 16.9 Å². The zero-order chi connectivity index (χ0) is 18.1. The van der Waals surface area contributed by atoms with Crippen LogP contribution in [-0.4, -0.2) is 32.2 Å². The lowest BCUT2D eigenvalue weighted by atomic mass is 10.2. The Hall–Kier alpha value is -2.99. The first-order valence-electron chi connectivity index (χ1n) is 8.33. The average Bonchev–Trinajstić information content (AvgIpc) is 3.36. The number of rotatable bonds is 4. The molecule has 4 rings (SSSR count). The van der Waals surface area contributed by atoms with Gasteiger partial charge in [0.15, 0.2) is 0 Å². The lowest BCUT2D eigenvalue weighted by molar-refractivity contribution is 0.0744. The molecule has 0 fully saturated rings. The minimum atomic E-state index is -0.0252. The van der Waals surface area contributed by atoms with Gasteiger partial charge in [0, 0.05) is 36.1 Å². The molecule has 0 aliphatic rings. The minimum absolute atomic E-state index is 0.0200. The van der Waals surface area contributed by atoms with E-state index >= 15 is 0 Å². The molecule has 6 heteroatoms. The van der Waals surface area contributed by atoms with Crippen LogP contribution in [-0.2, 0) is 0 Å². The highest BCUT2D eigenvalue weighted by Gasteiger charge is 2.20. The van der Waals surface area contributed by atoms with Crippen LogP contribution in [0.4, 0.5) is 0 Å². The number of hydrogen-bond acceptors (Lipinski definition) is 4. The summed E-state index contributed by atoms with van der Waals surface area (Å²) >= 11 is 1.56. The van der Waals surface area contributed by atoms with Crippen molar-refractivity contribution in [1.82, 2.24) is 19.3 Å². The molecule has 0 saturated heterocycles. The first-order valence-corrected chi connectivity index (χ1v) is 9.21. The highest BCUT2D eigenvalue weighted by atomic mass is 32.1. The topological polar surface area (TPSA) is 50.5 Å². The minimum Gasteiger partial charge on any atom is -0.334 e. The number of carbonyl (C=O) groups excluding carboxylic acids is 1. The van der Waals surface area contributed by atoms with Crippen LogP contribution < -0.4 is 0 Å². The van der Waals surface area contributed by atoms with Crippen LogP contribution in [0.15, 0.2) is 66.6 Å². The van der Waals surface area contributed by atoms with Gasteiger partial charge in [0.1, 0.15) is 5.65 Å². The number of benzene rings is 1. The van der Waals surface area contributed by atoms with Gasteiger partial charge in [-0.3, -0.25) is 9.78 Å². The number of nitrogens with zero attached hydrogens (tertiary/aromatic N) is 4. The van der Waals surface area contributed by atoms with E-state index in [4.69, 9.17) is 0 Å². The maximum Gasteiger partial charge on any atom is 0.255 e. The van der Waals surface area contributed by atoms with E-state index in [1.807, 2.05) is 79.4 Å². The van der Waals surface area contributed by atoms with Gasteiger partial charge >= 0.3 is 0 Å². The number of imidazole rings is 1. The number of carbonyl (C=O) groups is 1. The summed E-state index contributed by atoms with van der Waals surface area (Å²) in [7, 11) is 1.82. The van der Waals surface area contributed by atoms with Gasteiger partial charge in [-0.2, -0.15) is 0 Å². The molecule has 4 aromatic rings. The highest BCUT2D eigenvalue weighted by molar-refractivity contribution is 7.09. The van der Waals surface area contributed by atoms with Gasteiger partial charge in [0.2, 0.25) is 0 Å². The molecule has 0 aliphatic heterocycles. The lowest BCUT2D eigenvalue weighted by Gasteiger charge is -2.23. The molecule has 0 radical (unpaired) electrons. The number of amides is 1. The lowest BCUT2D eigenvalue weighted by Crippen LogP contribution is -2.29. The Morgan fingerprint density at radius 1 is 1.15 bits per heavy atom. The third-order valence-corrected chi connectivity index (χ3v) is 5.48. The average molecular weight is 362 g/mol. The van der Waals surface area contributed by atoms with Crippen molar-refractivity contribution in [1.29, 1.82) is 0 Å². The second-order valence-electron chi connectivity index (χ2n) is 6.17. The summed E-state index contributed by atoms with van der Waals surface area (Å²) in [5.74, 6) is -0.0252. The van der Waals surface area contributed by atoms with Crippen molar-refractivity contribution in [3.05, 3.63) is 77.0 Å². The van der Waals surface area contributed by atoms with Crippen molar-refractivity contribution in [2.45, 2.75) is 13.0 Å². The van der Waals surface area contributed by atoms with Crippen LogP contribution in [0.2, 0.25) is 0 Å². The predicted molar refractivity (Wildman–Crippen MR) is 103 cm³/mol. The second kappa shape index (κ2) is 6.72. The second-order valence-corrected chi connectivity index (χ2v) is 7.09. The zero-order valence-electron chi connectivity index (χ0n) is 14.5. The van der Waals surface area contributed by atoms with Crippen LogP contribution in [0, 0.1) is 0 Å². The van der Waals surface area contributed by atoms with Gasteiger partial charge in [-0.1, -0.05) is 30.3 Å². The Kier molecular flexibility index (Phi) is 4.26. The maximum absolute atomic E-state index is 12.9. The summed E-state index contributed by atoms with van der Waals surface area (Å²) in [5.41, 5.74) is 5.18. The summed E-state index contributed by atoms with van der Waals surface area (Å²) in [4.78, 5) is 24.4. The van der Waals surface area contributed by atoms with Crippen LogP contribution in [0.5, 0.6) is 0 Å². The van der Waals surface area contributed by atoms with Crippen LogP contribution in [0.1, 0.15) is 28.2 Å². The van der Waals surface area contributed by atoms with Crippen LogP contribution in [0.3, 0.4) is 0 Å². The first-order chi connectivity index (χ1) is 12.6. The van der Waals surface area contributed by atoms with Gasteiger partial charge in [0.05, 0.1) is 22.8 Å². The first kappa shape index (κ1) is 16.5. The predicted octanol–water partition coefficient (Wildman–Crippen LogP) is 4.29. The quantitative estimate of drug-likeness (QED) is 0.544. The number of pyridine rings is 1. The molecule has 3 aromatic heterocycles. The van der Waals surface area contributed by atoms with E-state index in [1.54, 1.807) is 21.7 Å². The molecule has 1 atom stereocenters. The molecule has 5 nitrogen and oxygen atoms in total. The Balaban J connectivity index is 1.63. The maximum atomic E-state index is 12.9. The summed E-state index contributed by atoms with van der Waals surface area (Å²) in [6.07, 6.45) is 5.60. The SMILES string of the molecule is C[C@@H](c1cncs1)N(C)C(=O)c1ccc2nc(-c3ccccc3)cn2c1. The molecule has 0 saturated carbocycles. The van der Waals surface area contributed by atoms with E-state index in [-0.39, 0.29) is 11.9 Å². The molecular weight excluding hydrogens is 344 g/mol. The number of hydrogen-bond donors (Lipinski definition) is 0. The molecule has 0 spiro atoms. The number of aromatic nitrogens is 3. The highest BCUT2D eigenvalue weighted by Crippen LogP contribution is 2.24. The van der Waals surface area contributed by atoms with Crippen molar-refractivity contribution in [2.24, 2.45) is 0 Å². The summed E-state index contributed by atoms with van der Waals surface area (Å²) in [6.45, 7) is 2.01. The standard InChI is InChI=1S/C20H18N4OS/c1-14(18-10-21-13-26-18)23(2)20(25)16-8-9-19-22-17(12-24(19)11-16)15-6-4-3-5-7-15/h3-14H,1-2H3/t14-/m0/s1. The number of fused-ring (bicyclic) bond motifs is 1. The molecule has 1 aromatic carbocycles. The fraction of sp³-hybridized carbons (Fsp3) is 0.150. The molecule has 1 amide bonds. The molecule has 130 valence electrons. The Labute approximate surface area is 155 Å². The third kappa shape index (κ3) is 2.99. The van der Waals surface area contributed by atoms with E-state index in [2.05, 4.69) is 9.97 Å². The zero-order valence-corrected chi connectivity index (χ0v) is 15.4. The molecule has 3 heterocycles. The molecule has 26 heavy (non-hydrogen) atoms. The normalized spacial score (nSPS) is 12.2. The summed E-state index contributed by atoms with van der Waals surface area (Å²) in [6, 6.07) is 13.7. The Bertz CT molecular complexity index is 1040. The van der Waals surface area contributed by atoms with E-state index in [1.165, 1.54) is 0 Å². The van der Waals surface area contributed by atoms with Crippen molar-refractivity contribution in [3.8, 4) is 11.3 Å². The van der Waals surface area contributed by atoms with Crippen molar-refractivity contribution in [3.63, 3.8) is 0 Å². The number of thiazole rings is 1.